The van der Waals surface area contributed by atoms with E-state index in [1.165, 1.54) is 39.2 Å². The van der Waals surface area contributed by atoms with E-state index in [0.717, 1.165) is 41.1 Å². The molecule has 2 aromatic heterocycles. The third-order valence-corrected chi connectivity index (χ3v) is 9.57. The Bertz CT molecular complexity index is 1480. The van der Waals surface area contributed by atoms with Gasteiger partial charge in [0.05, 0.1) is 20.1 Å². The molecule has 234 valence electrons. The second-order valence-electron chi connectivity index (χ2n) is 12.6. The van der Waals surface area contributed by atoms with E-state index in [1.54, 1.807) is 12.3 Å². The van der Waals surface area contributed by atoms with Gasteiger partial charge in [-0.1, -0.05) is 56.7 Å². The molecule has 0 spiro atoms. The first-order valence-corrected chi connectivity index (χ1v) is 15.9. The molecule has 1 fully saturated rings. The topological polar surface area (TPSA) is 139 Å². The van der Waals surface area contributed by atoms with Gasteiger partial charge in [-0.2, -0.15) is 0 Å². The number of ketones is 2. The predicted octanol–water partition coefficient (Wildman–Crippen LogP) is 6.30. The molecule has 0 saturated heterocycles. The summed E-state index contributed by atoms with van der Waals surface area (Å²) in [6, 6.07) is 9.39. The molecule has 0 radical (unpaired) electrons. The number of benzene rings is 1. The number of fused-ring (bicyclic) bond motifs is 1. The number of carbonyl (C=O) groups excluding carboxylic acids is 2. The summed E-state index contributed by atoms with van der Waals surface area (Å²) in [6.45, 7) is -0.192. The molecule has 0 amide bonds. The first-order chi connectivity index (χ1) is 21.3. The Morgan fingerprint density at radius 2 is 1.91 bits per heavy atom. The number of H-pyrrole nitrogens is 1. The summed E-state index contributed by atoms with van der Waals surface area (Å²) in [4.78, 5) is 32.9. The Kier molecular flexibility index (Phi) is 10.2. The number of aromatic hydroxyl groups is 1. The number of carbonyl (C=O) groups is 2. The van der Waals surface area contributed by atoms with Crippen molar-refractivity contribution in [3.05, 3.63) is 76.7 Å². The number of nitrogens with two attached hydrogens (primary N) is 1. The van der Waals surface area contributed by atoms with Crippen molar-refractivity contribution in [2.75, 3.05) is 19.5 Å². The molecule has 0 bridgehead atoms. The van der Waals surface area contributed by atoms with Crippen LogP contribution < -0.4 is 10.5 Å². The highest BCUT2D eigenvalue weighted by atomic mass is 16.5. The lowest BCUT2D eigenvalue weighted by atomic mass is 9.63. The van der Waals surface area contributed by atoms with E-state index in [-0.39, 0.29) is 42.5 Å². The average Bonchev–Trinajstić information content (AvgIpc) is 3.54. The van der Waals surface area contributed by atoms with Gasteiger partial charge in [0.15, 0.2) is 11.5 Å². The molecule has 44 heavy (non-hydrogen) atoms. The Morgan fingerprint density at radius 1 is 1.11 bits per heavy atom. The number of hydrogen-bond acceptors (Lipinski definition) is 7. The van der Waals surface area contributed by atoms with Crippen LogP contribution in [0.4, 0.5) is 5.82 Å². The van der Waals surface area contributed by atoms with Crippen molar-refractivity contribution < 1.29 is 24.5 Å². The summed E-state index contributed by atoms with van der Waals surface area (Å²) in [6.07, 6.45) is 17.3. The zero-order valence-electron chi connectivity index (χ0n) is 25.7. The minimum Gasteiger partial charge on any atom is -0.504 e. The number of aromatic nitrogens is 2. The van der Waals surface area contributed by atoms with Crippen molar-refractivity contribution >= 4 is 23.5 Å². The van der Waals surface area contributed by atoms with Gasteiger partial charge >= 0.3 is 0 Å². The standard InChI is InChI=1S/C36H45N3O5/c1-44-32-20-25(12-13-28(42)21-27(41)11-5-9-24-7-3-2-4-8-24)19-31(34(32)43)33-29-15-18-39-35(37)30(29)14-16-36(33,23-40)22-26-10-6-17-38-26/h6,10,14-20,24,33,38,40,43H,2-5,7-9,11-13,21-23H2,1H3,(H2,37,39). The molecule has 2 unspecified atom stereocenters. The molecule has 2 heterocycles. The van der Waals surface area contributed by atoms with Crippen molar-refractivity contribution in [3.8, 4) is 11.5 Å². The molecule has 8 nitrogen and oxygen atoms in total. The molecule has 1 aromatic carbocycles. The van der Waals surface area contributed by atoms with E-state index in [0.29, 0.717) is 30.6 Å². The molecule has 3 aromatic rings. The second-order valence-corrected chi connectivity index (χ2v) is 12.6. The molecule has 1 saturated carbocycles. The maximum absolute atomic E-state index is 12.9. The fourth-order valence-electron chi connectivity index (χ4n) is 7.22. The summed E-state index contributed by atoms with van der Waals surface area (Å²) in [5, 5.41) is 22.4. The molecule has 2 atom stereocenters. The SMILES string of the molecule is COc1cc(CCC(=O)CC(=O)CCCC2CCCCC2)cc(C2c3ccnc(N)c3C=CC2(CO)Cc2ccc[nH]2)c1O. The third-order valence-electron chi connectivity index (χ3n) is 9.57. The van der Waals surface area contributed by atoms with Crippen LogP contribution in [0.15, 0.2) is 48.8 Å². The monoisotopic (exact) mass is 599 g/mol. The summed E-state index contributed by atoms with van der Waals surface area (Å²) >= 11 is 0. The zero-order chi connectivity index (χ0) is 31.1. The lowest BCUT2D eigenvalue weighted by molar-refractivity contribution is -0.127. The van der Waals surface area contributed by atoms with Crippen molar-refractivity contribution in [2.24, 2.45) is 11.3 Å². The summed E-state index contributed by atoms with van der Waals surface area (Å²) in [5.74, 6) is 0.808. The number of Topliss-reactive ketones (excluding diaryl/α,β-unsaturated/α-hetero) is 2. The molecule has 2 aliphatic carbocycles. The van der Waals surface area contributed by atoms with Gasteiger partial charge in [0.1, 0.15) is 17.4 Å². The number of rotatable bonds is 14. The van der Waals surface area contributed by atoms with Gasteiger partial charge in [0, 0.05) is 53.4 Å². The Hall–Kier alpha value is -3.91. The first-order valence-electron chi connectivity index (χ1n) is 15.9. The molecular weight excluding hydrogens is 554 g/mol. The van der Waals surface area contributed by atoms with E-state index in [9.17, 15) is 19.8 Å². The average molecular weight is 600 g/mol. The van der Waals surface area contributed by atoms with E-state index in [1.807, 2.05) is 42.6 Å². The van der Waals surface area contributed by atoms with Crippen LogP contribution in [0.2, 0.25) is 0 Å². The van der Waals surface area contributed by atoms with Gasteiger partial charge in [-0.25, -0.2) is 4.98 Å². The van der Waals surface area contributed by atoms with Gasteiger partial charge in [0.25, 0.3) is 0 Å². The lowest BCUT2D eigenvalue weighted by Gasteiger charge is -2.41. The van der Waals surface area contributed by atoms with E-state index >= 15 is 0 Å². The number of pyridine rings is 1. The highest BCUT2D eigenvalue weighted by Gasteiger charge is 2.44. The van der Waals surface area contributed by atoms with Gasteiger partial charge < -0.3 is 25.7 Å². The fraction of sp³-hybridized carbons (Fsp3) is 0.472. The number of phenols is 1. The van der Waals surface area contributed by atoms with Crippen molar-refractivity contribution in [3.63, 3.8) is 0 Å². The van der Waals surface area contributed by atoms with Crippen LogP contribution in [0.1, 0.15) is 98.1 Å². The van der Waals surface area contributed by atoms with Crippen molar-refractivity contribution in [2.45, 2.75) is 83.0 Å². The highest BCUT2D eigenvalue weighted by Crippen LogP contribution is 2.53. The number of anilines is 1. The number of nitrogens with zero attached hydrogens (tertiary/aromatic N) is 1. The van der Waals surface area contributed by atoms with Crippen LogP contribution in [0.5, 0.6) is 11.5 Å². The van der Waals surface area contributed by atoms with Crippen LogP contribution in [0.25, 0.3) is 6.08 Å². The molecule has 8 heteroatoms. The van der Waals surface area contributed by atoms with E-state index in [2.05, 4.69) is 9.97 Å². The minimum absolute atomic E-state index is 0.0172. The van der Waals surface area contributed by atoms with Crippen LogP contribution in [0.3, 0.4) is 0 Å². The third kappa shape index (κ3) is 7.07. The van der Waals surface area contributed by atoms with Crippen molar-refractivity contribution in [1.82, 2.24) is 9.97 Å². The molecule has 5 rings (SSSR count). The number of phenolic OH excluding ortho intramolecular Hbond substituents is 1. The van der Waals surface area contributed by atoms with Crippen LogP contribution in [-0.4, -0.2) is 45.5 Å². The number of aliphatic hydroxyl groups excluding tert-OH is 1. The summed E-state index contributed by atoms with van der Waals surface area (Å²) in [7, 11) is 1.49. The van der Waals surface area contributed by atoms with Crippen LogP contribution in [-0.2, 0) is 22.4 Å². The largest absolute Gasteiger partial charge is 0.504 e. The summed E-state index contributed by atoms with van der Waals surface area (Å²) in [5.41, 5.74) is 9.36. The maximum atomic E-state index is 12.9. The Labute approximate surface area is 259 Å². The van der Waals surface area contributed by atoms with Crippen molar-refractivity contribution in [1.29, 1.82) is 0 Å². The van der Waals surface area contributed by atoms with Gasteiger partial charge in [-0.05, 0) is 60.6 Å². The van der Waals surface area contributed by atoms with Crippen LogP contribution >= 0.6 is 0 Å². The summed E-state index contributed by atoms with van der Waals surface area (Å²) < 4.78 is 5.59. The van der Waals surface area contributed by atoms with Gasteiger partial charge in [0.2, 0.25) is 0 Å². The number of hydrogen-bond donors (Lipinski definition) is 4. The minimum atomic E-state index is -0.813. The lowest BCUT2D eigenvalue weighted by Crippen LogP contribution is -2.36. The number of aliphatic hydroxyl groups is 1. The Balaban J connectivity index is 1.36. The molecule has 2 aliphatic rings. The normalized spacial score (nSPS) is 19.9. The first kappa shape index (κ1) is 31.5. The van der Waals surface area contributed by atoms with E-state index < -0.39 is 11.3 Å². The number of nitrogens with one attached hydrogen (secondary N) is 1. The number of ether oxygens (including phenoxy) is 1. The van der Waals surface area contributed by atoms with Gasteiger partial charge in [-0.15, -0.1) is 0 Å². The fourth-order valence-corrected chi connectivity index (χ4v) is 7.22. The number of aromatic amines is 1. The van der Waals surface area contributed by atoms with Crippen LogP contribution in [0, 0.1) is 11.3 Å². The smallest absolute Gasteiger partial charge is 0.161 e. The maximum Gasteiger partial charge on any atom is 0.161 e. The highest BCUT2D eigenvalue weighted by molar-refractivity contribution is 5.99. The predicted molar refractivity (Wildman–Crippen MR) is 172 cm³/mol. The number of nitrogen functional groups attached to an aromatic ring is 1. The quantitative estimate of drug-likeness (QED) is 0.160. The Morgan fingerprint density at radius 3 is 2.64 bits per heavy atom. The molecular formula is C36H45N3O5. The van der Waals surface area contributed by atoms with E-state index in [4.69, 9.17) is 10.5 Å². The number of methoxy groups -OCH3 is 1. The van der Waals surface area contributed by atoms with Gasteiger partial charge in [-0.3, -0.25) is 9.59 Å². The molecule has 5 N–H and O–H groups in total. The number of aryl methyl sites for hydroxylation is 1. The zero-order valence-corrected chi connectivity index (χ0v) is 25.7. The second kappa shape index (κ2) is 14.2. The molecule has 0 aliphatic heterocycles.